The number of pyridine rings is 1. The van der Waals surface area contributed by atoms with Gasteiger partial charge in [0.25, 0.3) is 0 Å². The van der Waals surface area contributed by atoms with Gasteiger partial charge in [-0.1, -0.05) is 0 Å². The van der Waals surface area contributed by atoms with E-state index in [1.165, 1.54) is 6.20 Å². The molecule has 5 nitrogen and oxygen atoms in total. The van der Waals surface area contributed by atoms with Gasteiger partial charge in [-0.3, -0.25) is 4.68 Å². The summed E-state index contributed by atoms with van der Waals surface area (Å²) in [4.78, 5) is 14.7. The standard InChI is InChI=1S/C13H15N3O2/c1-8(2)16-7-11(9(3)15-16)10-4-5-14-12(6-10)13(17)18/h4-8H,1-3H3,(H,17,18). The fourth-order valence-electron chi connectivity index (χ4n) is 1.74. The quantitative estimate of drug-likeness (QED) is 0.902. The number of aromatic nitrogens is 3. The predicted octanol–water partition coefficient (Wildman–Crippen LogP) is 2.53. The summed E-state index contributed by atoms with van der Waals surface area (Å²) < 4.78 is 1.87. The van der Waals surface area contributed by atoms with Gasteiger partial charge in [0.2, 0.25) is 0 Å². The van der Waals surface area contributed by atoms with Gasteiger partial charge in [0.05, 0.1) is 5.69 Å². The van der Waals surface area contributed by atoms with Crippen LogP contribution in [0.5, 0.6) is 0 Å². The van der Waals surface area contributed by atoms with Crippen LogP contribution in [0, 0.1) is 6.92 Å². The van der Waals surface area contributed by atoms with Crippen LogP contribution >= 0.6 is 0 Å². The van der Waals surface area contributed by atoms with Gasteiger partial charge in [-0.2, -0.15) is 5.10 Å². The third-order valence-corrected chi connectivity index (χ3v) is 2.74. The van der Waals surface area contributed by atoms with Crippen molar-refractivity contribution in [1.29, 1.82) is 0 Å². The summed E-state index contributed by atoms with van der Waals surface area (Å²) in [5.74, 6) is -1.02. The number of hydrogen-bond donors (Lipinski definition) is 1. The molecule has 0 spiro atoms. The first kappa shape index (κ1) is 12.3. The first-order valence-electron chi connectivity index (χ1n) is 5.74. The first-order valence-corrected chi connectivity index (χ1v) is 5.74. The van der Waals surface area contributed by atoms with Crippen molar-refractivity contribution >= 4 is 5.97 Å². The number of hydrogen-bond acceptors (Lipinski definition) is 3. The molecule has 0 amide bonds. The van der Waals surface area contributed by atoms with Crippen LogP contribution in [0.25, 0.3) is 11.1 Å². The van der Waals surface area contributed by atoms with Crippen molar-refractivity contribution in [2.45, 2.75) is 26.8 Å². The maximum absolute atomic E-state index is 10.9. The van der Waals surface area contributed by atoms with Crippen molar-refractivity contribution < 1.29 is 9.90 Å². The maximum atomic E-state index is 10.9. The minimum atomic E-state index is -1.02. The van der Waals surface area contributed by atoms with E-state index in [0.717, 1.165) is 16.8 Å². The van der Waals surface area contributed by atoms with Crippen LogP contribution in [0.4, 0.5) is 0 Å². The molecule has 2 aromatic heterocycles. The predicted molar refractivity (Wildman–Crippen MR) is 67.5 cm³/mol. The molecule has 0 aliphatic heterocycles. The third kappa shape index (κ3) is 2.25. The molecule has 0 unspecified atom stereocenters. The second-order valence-electron chi connectivity index (χ2n) is 4.44. The minimum Gasteiger partial charge on any atom is -0.477 e. The number of rotatable bonds is 3. The van der Waals surface area contributed by atoms with Crippen molar-refractivity contribution in [1.82, 2.24) is 14.8 Å². The molecule has 2 aromatic rings. The first-order chi connectivity index (χ1) is 8.49. The second-order valence-corrected chi connectivity index (χ2v) is 4.44. The Bertz CT molecular complexity index is 588. The summed E-state index contributed by atoms with van der Waals surface area (Å²) in [6, 6.07) is 3.64. The van der Waals surface area contributed by atoms with E-state index in [4.69, 9.17) is 5.11 Å². The van der Waals surface area contributed by atoms with Gasteiger partial charge < -0.3 is 5.11 Å². The van der Waals surface area contributed by atoms with Gasteiger partial charge in [-0.15, -0.1) is 0 Å². The van der Waals surface area contributed by atoms with E-state index >= 15 is 0 Å². The average Bonchev–Trinajstić information content (AvgIpc) is 2.72. The number of carboxylic acids is 1. The van der Waals surface area contributed by atoms with Gasteiger partial charge in [-0.05, 0) is 38.5 Å². The second kappa shape index (κ2) is 4.60. The molecule has 0 aliphatic rings. The molecular formula is C13H15N3O2. The Labute approximate surface area is 105 Å². The van der Waals surface area contributed by atoms with Crippen LogP contribution in [0.2, 0.25) is 0 Å². The smallest absolute Gasteiger partial charge is 0.354 e. The topological polar surface area (TPSA) is 68.0 Å². The highest BCUT2D eigenvalue weighted by atomic mass is 16.4. The molecule has 94 valence electrons. The summed E-state index contributed by atoms with van der Waals surface area (Å²) in [5.41, 5.74) is 2.69. The van der Waals surface area contributed by atoms with Crippen molar-refractivity contribution in [2.24, 2.45) is 0 Å². The average molecular weight is 245 g/mol. The lowest BCUT2D eigenvalue weighted by Crippen LogP contribution is -2.00. The zero-order chi connectivity index (χ0) is 13.3. The number of aromatic carboxylic acids is 1. The molecule has 0 saturated carbocycles. The molecule has 0 aliphatic carbocycles. The van der Waals surface area contributed by atoms with Crippen LogP contribution in [0.1, 0.15) is 36.1 Å². The van der Waals surface area contributed by atoms with E-state index in [1.54, 1.807) is 12.1 Å². The Morgan fingerprint density at radius 3 is 2.72 bits per heavy atom. The van der Waals surface area contributed by atoms with E-state index in [-0.39, 0.29) is 11.7 Å². The van der Waals surface area contributed by atoms with Crippen LogP contribution in [-0.4, -0.2) is 25.8 Å². The van der Waals surface area contributed by atoms with Crippen LogP contribution in [0.15, 0.2) is 24.5 Å². The molecule has 1 N–H and O–H groups in total. The SMILES string of the molecule is Cc1nn(C(C)C)cc1-c1ccnc(C(=O)O)c1. The summed E-state index contributed by atoms with van der Waals surface area (Å²) in [5, 5.41) is 13.3. The number of nitrogens with zero attached hydrogens (tertiary/aromatic N) is 3. The molecule has 0 saturated heterocycles. The number of aryl methyl sites for hydroxylation is 1. The summed E-state index contributed by atoms with van der Waals surface area (Å²) in [6.07, 6.45) is 3.44. The molecular weight excluding hydrogens is 230 g/mol. The minimum absolute atomic E-state index is 0.0456. The highest BCUT2D eigenvalue weighted by molar-refractivity contribution is 5.87. The van der Waals surface area contributed by atoms with E-state index in [1.807, 2.05) is 31.6 Å². The van der Waals surface area contributed by atoms with Gasteiger partial charge in [0.15, 0.2) is 0 Å². The molecule has 18 heavy (non-hydrogen) atoms. The van der Waals surface area contributed by atoms with E-state index in [9.17, 15) is 4.79 Å². The maximum Gasteiger partial charge on any atom is 0.354 e. The number of carboxylic acid groups (broad SMARTS) is 1. The highest BCUT2D eigenvalue weighted by Gasteiger charge is 2.11. The summed E-state index contributed by atoms with van der Waals surface area (Å²) in [6.45, 7) is 6.01. The Morgan fingerprint density at radius 2 is 2.17 bits per heavy atom. The molecule has 0 aromatic carbocycles. The van der Waals surface area contributed by atoms with Crippen LogP contribution in [-0.2, 0) is 0 Å². The lowest BCUT2D eigenvalue weighted by Gasteiger charge is -2.03. The van der Waals surface area contributed by atoms with Gasteiger partial charge in [0.1, 0.15) is 5.69 Å². The monoisotopic (exact) mass is 245 g/mol. The third-order valence-electron chi connectivity index (χ3n) is 2.74. The zero-order valence-electron chi connectivity index (χ0n) is 10.6. The Kier molecular flexibility index (Phi) is 3.14. The Hall–Kier alpha value is -2.17. The van der Waals surface area contributed by atoms with Crippen molar-refractivity contribution in [3.63, 3.8) is 0 Å². The molecule has 2 heterocycles. The van der Waals surface area contributed by atoms with Gasteiger partial charge in [-0.25, -0.2) is 9.78 Å². The molecule has 0 atom stereocenters. The number of carbonyl (C=O) groups is 1. The molecule has 0 radical (unpaired) electrons. The normalized spacial score (nSPS) is 10.9. The van der Waals surface area contributed by atoms with E-state index < -0.39 is 5.97 Å². The summed E-state index contributed by atoms with van der Waals surface area (Å²) >= 11 is 0. The lowest BCUT2D eigenvalue weighted by molar-refractivity contribution is 0.0690. The van der Waals surface area contributed by atoms with E-state index in [0.29, 0.717) is 0 Å². The van der Waals surface area contributed by atoms with Gasteiger partial charge in [0, 0.05) is 24.0 Å². The molecule has 0 fully saturated rings. The summed E-state index contributed by atoms with van der Waals surface area (Å²) in [7, 11) is 0. The molecule has 0 bridgehead atoms. The lowest BCUT2D eigenvalue weighted by atomic mass is 10.1. The molecule has 2 rings (SSSR count). The van der Waals surface area contributed by atoms with Crippen LogP contribution < -0.4 is 0 Å². The molecule has 5 heteroatoms. The van der Waals surface area contributed by atoms with Crippen molar-refractivity contribution in [2.75, 3.05) is 0 Å². The van der Waals surface area contributed by atoms with Crippen LogP contribution in [0.3, 0.4) is 0 Å². The van der Waals surface area contributed by atoms with Gasteiger partial charge >= 0.3 is 5.97 Å². The van der Waals surface area contributed by atoms with Crippen molar-refractivity contribution in [3.05, 3.63) is 35.9 Å². The zero-order valence-corrected chi connectivity index (χ0v) is 10.6. The largest absolute Gasteiger partial charge is 0.477 e. The Morgan fingerprint density at radius 1 is 1.44 bits per heavy atom. The van der Waals surface area contributed by atoms with Crippen molar-refractivity contribution in [3.8, 4) is 11.1 Å². The van der Waals surface area contributed by atoms with E-state index in [2.05, 4.69) is 10.1 Å². The Balaban J connectivity index is 2.48. The highest BCUT2D eigenvalue weighted by Crippen LogP contribution is 2.24. The fourth-order valence-corrected chi connectivity index (χ4v) is 1.74. The fraction of sp³-hybridized carbons (Fsp3) is 0.308.